The number of carbonyl (C=O) groups is 5. The van der Waals surface area contributed by atoms with E-state index in [1.165, 1.54) is 20.8 Å². The summed E-state index contributed by atoms with van der Waals surface area (Å²) in [6.45, 7) is 15.3. The van der Waals surface area contributed by atoms with Crippen LogP contribution >= 0.6 is 0 Å². The number of rotatable bonds is 15. The Bertz CT molecular complexity index is 1300. The van der Waals surface area contributed by atoms with Crippen LogP contribution in [0.25, 0.3) is 5.57 Å². The van der Waals surface area contributed by atoms with E-state index >= 15 is 0 Å². The van der Waals surface area contributed by atoms with Crippen LogP contribution in [0.15, 0.2) is 78.4 Å². The molecule has 0 spiro atoms. The number of esters is 5. The fraction of sp³-hybridized carbons (Fsp3) is 0.344. The number of carbonyl (C=O) groups excluding carboxylic acids is 5. The van der Waals surface area contributed by atoms with Crippen molar-refractivity contribution in [2.75, 3.05) is 26.4 Å². The van der Waals surface area contributed by atoms with Gasteiger partial charge >= 0.3 is 29.8 Å². The lowest BCUT2D eigenvalue weighted by Crippen LogP contribution is -2.23. The van der Waals surface area contributed by atoms with E-state index in [0.29, 0.717) is 23.3 Å². The van der Waals surface area contributed by atoms with Crippen LogP contribution in [-0.2, 0) is 42.9 Å². The summed E-state index contributed by atoms with van der Waals surface area (Å²) >= 11 is 0. The lowest BCUT2D eigenvalue weighted by Gasteiger charge is -2.21. The molecule has 0 bridgehead atoms. The van der Waals surface area contributed by atoms with E-state index in [2.05, 4.69) is 19.7 Å². The topological polar surface area (TPSA) is 132 Å². The lowest BCUT2D eigenvalue weighted by atomic mass is 9.87. The van der Waals surface area contributed by atoms with Crippen LogP contribution in [-0.4, -0.2) is 56.3 Å². The van der Waals surface area contributed by atoms with Gasteiger partial charge in [-0.2, -0.15) is 0 Å². The monoisotopic (exact) mass is 580 g/mol. The van der Waals surface area contributed by atoms with Gasteiger partial charge in [0, 0.05) is 35.1 Å². The fourth-order valence-electron chi connectivity index (χ4n) is 3.42. The molecule has 1 aliphatic rings. The third kappa shape index (κ3) is 11.0. The molecule has 0 heterocycles. The number of ether oxygens (including phenoxy) is 5. The molecule has 1 aromatic carbocycles. The van der Waals surface area contributed by atoms with Crippen molar-refractivity contribution < 1.29 is 47.7 Å². The maximum atomic E-state index is 12.9. The van der Waals surface area contributed by atoms with Gasteiger partial charge in [0.05, 0.1) is 32.3 Å². The average Bonchev–Trinajstić information content (AvgIpc) is 2.96. The van der Waals surface area contributed by atoms with Crippen LogP contribution in [0.4, 0.5) is 0 Å². The molecule has 42 heavy (non-hydrogen) atoms. The smallest absolute Gasteiger partial charge is 0.338 e. The highest BCUT2D eigenvalue weighted by atomic mass is 16.6. The van der Waals surface area contributed by atoms with Gasteiger partial charge in [0.1, 0.15) is 5.75 Å². The van der Waals surface area contributed by atoms with Crippen LogP contribution in [0.2, 0.25) is 0 Å². The van der Waals surface area contributed by atoms with Crippen molar-refractivity contribution in [1.82, 2.24) is 0 Å². The van der Waals surface area contributed by atoms with Crippen LogP contribution in [0.3, 0.4) is 0 Å². The molecule has 0 fully saturated rings. The van der Waals surface area contributed by atoms with Gasteiger partial charge in [-0.1, -0.05) is 37.9 Å². The first-order valence-electron chi connectivity index (χ1n) is 13.3. The summed E-state index contributed by atoms with van der Waals surface area (Å²) in [5.41, 5.74) is 2.27. The van der Waals surface area contributed by atoms with Gasteiger partial charge in [0.2, 0.25) is 0 Å². The van der Waals surface area contributed by atoms with Crippen molar-refractivity contribution in [1.29, 1.82) is 0 Å². The minimum Gasteiger partial charge on any atom is -0.465 e. The molecule has 0 saturated heterocycles. The number of hydrogen-bond donors (Lipinski definition) is 0. The molecule has 2 rings (SSSR count). The minimum atomic E-state index is -0.789. The maximum Gasteiger partial charge on any atom is 0.338 e. The standard InChI is InChI=1S/C32H36O10/c1-20(2)28(33)38-13-7-15-40-31(36)25-17-24(23-9-11-27(12-10-23)42-30(35)22(5)6)18-26(19-25)32(37)41-16-8-14-39-29(34)21(3)4/h9-12,17-18,25H,1,3,5,7-8,13-16,19H2,2,4,6H3. The van der Waals surface area contributed by atoms with Crippen molar-refractivity contribution in [3.63, 3.8) is 0 Å². The zero-order valence-corrected chi connectivity index (χ0v) is 24.2. The Morgan fingerprint density at radius 3 is 1.74 bits per heavy atom. The van der Waals surface area contributed by atoms with E-state index in [9.17, 15) is 24.0 Å². The summed E-state index contributed by atoms with van der Waals surface area (Å²) in [6, 6.07) is 6.55. The molecule has 0 amide bonds. The summed E-state index contributed by atoms with van der Waals surface area (Å²) in [5, 5.41) is 0. The highest BCUT2D eigenvalue weighted by molar-refractivity contribution is 5.96. The Balaban J connectivity index is 2.10. The molecule has 0 saturated carbocycles. The van der Waals surface area contributed by atoms with Gasteiger partial charge in [-0.15, -0.1) is 0 Å². The summed E-state index contributed by atoms with van der Waals surface area (Å²) in [6.07, 6.45) is 3.93. The number of allylic oxidation sites excluding steroid dienone is 2. The van der Waals surface area contributed by atoms with Crippen LogP contribution < -0.4 is 4.74 Å². The van der Waals surface area contributed by atoms with Crippen molar-refractivity contribution in [2.45, 2.75) is 40.0 Å². The molecule has 1 unspecified atom stereocenters. The maximum absolute atomic E-state index is 12.9. The first-order chi connectivity index (χ1) is 19.9. The second-order valence-corrected chi connectivity index (χ2v) is 9.64. The summed E-state index contributed by atoms with van der Waals surface area (Å²) in [7, 11) is 0. The molecular weight excluding hydrogens is 544 g/mol. The molecule has 0 aromatic heterocycles. The van der Waals surface area contributed by atoms with Crippen LogP contribution in [0.5, 0.6) is 5.75 Å². The molecule has 1 atom stereocenters. The van der Waals surface area contributed by atoms with E-state index in [1.807, 2.05) is 0 Å². The summed E-state index contributed by atoms with van der Waals surface area (Å²) in [4.78, 5) is 60.6. The predicted molar refractivity (Wildman–Crippen MR) is 154 cm³/mol. The van der Waals surface area contributed by atoms with Gasteiger partial charge in [-0.25, -0.2) is 19.2 Å². The molecule has 1 aliphatic carbocycles. The Labute approximate surface area is 245 Å². The van der Waals surface area contributed by atoms with Crippen molar-refractivity contribution in [3.05, 3.63) is 84.0 Å². The Morgan fingerprint density at radius 2 is 1.21 bits per heavy atom. The predicted octanol–water partition coefficient (Wildman–Crippen LogP) is 4.60. The average molecular weight is 581 g/mol. The molecule has 10 heteroatoms. The molecule has 10 nitrogen and oxygen atoms in total. The third-order valence-corrected chi connectivity index (χ3v) is 5.68. The highest BCUT2D eigenvalue weighted by Gasteiger charge is 2.28. The first kappa shape index (κ1) is 33.5. The zero-order chi connectivity index (χ0) is 31.2. The normalized spacial score (nSPS) is 13.9. The Kier molecular flexibility index (Phi) is 13.2. The van der Waals surface area contributed by atoms with E-state index in [4.69, 9.17) is 23.7 Å². The summed E-state index contributed by atoms with van der Waals surface area (Å²) in [5.74, 6) is -3.27. The van der Waals surface area contributed by atoms with E-state index in [0.717, 1.165) is 0 Å². The van der Waals surface area contributed by atoms with E-state index in [-0.39, 0.29) is 61.6 Å². The van der Waals surface area contributed by atoms with E-state index in [1.54, 1.807) is 36.4 Å². The fourth-order valence-corrected chi connectivity index (χ4v) is 3.42. The SMILES string of the molecule is C=C(C)C(=O)OCCCOC(=O)C1=CC(c2ccc(OC(=O)C(=C)C)cc2)=CC(C(=O)OCCCOC(=O)C(=C)C)C1. The van der Waals surface area contributed by atoms with Gasteiger partial charge in [0.15, 0.2) is 0 Å². The van der Waals surface area contributed by atoms with Gasteiger partial charge < -0.3 is 23.7 Å². The molecule has 224 valence electrons. The largest absolute Gasteiger partial charge is 0.465 e. The molecular formula is C32H36O10. The van der Waals surface area contributed by atoms with Crippen LogP contribution in [0, 0.1) is 5.92 Å². The van der Waals surface area contributed by atoms with Gasteiger partial charge in [0.25, 0.3) is 0 Å². The second kappa shape index (κ2) is 16.5. The van der Waals surface area contributed by atoms with E-state index < -0.39 is 35.8 Å². The molecule has 0 aliphatic heterocycles. The van der Waals surface area contributed by atoms with Crippen molar-refractivity contribution in [2.24, 2.45) is 5.92 Å². The summed E-state index contributed by atoms with van der Waals surface area (Å²) < 4.78 is 26.0. The number of hydrogen-bond acceptors (Lipinski definition) is 10. The van der Waals surface area contributed by atoms with Gasteiger partial charge in [-0.3, -0.25) is 4.79 Å². The third-order valence-electron chi connectivity index (χ3n) is 5.68. The van der Waals surface area contributed by atoms with Crippen molar-refractivity contribution >= 4 is 35.4 Å². The second-order valence-electron chi connectivity index (χ2n) is 9.64. The highest BCUT2D eigenvalue weighted by Crippen LogP contribution is 2.31. The Hall–Kier alpha value is -4.73. The quantitative estimate of drug-likeness (QED) is 0.0953. The lowest BCUT2D eigenvalue weighted by molar-refractivity contribution is -0.147. The number of benzene rings is 1. The molecule has 0 N–H and O–H groups in total. The zero-order valence-electron chi connectivity index (χ0n) is 24.2. The van der Waals surface area contributed by atoms with Crippen molar-refractivity contribution in [3.8, 4) is 5.75 Å². The Morgan fingerprint density at radius 1 is 0.714 bits per heavy atom. The minimum absolute atomic E-state index is 0.000504. The van der Waals surface area contributed by atoms with Crippen LogP contribution in [0.1, 0.15) is 45.6 Å². The molecule has 1 aromatic rings. The first-order valence-corrected chi connectivity index (χ1v) is 13.3. The van der Waals surface area contributed by atoms with Gasteiger partial charge in [-0.05, 0) is 56.5 Å². The molecule has 0 radical (unpaired) electrons.